The molecule has 0 nitrogen and oxygen atoms in total. The minimum atomic E-state index is 1.10. The summed E-state index contributed by atoms with van der Waals surface area (Å²) in [6.07, 6.45) is 0. The lowest BCUT2D eigenvalue weighted by Crippen LogP contribution is -1.99. The summed E-state index contributed by atoms with van der Waals surface area (Å²) >= 11 is 0. The van der Waals surface area contributed by atoms with E-state index < -0.39 is 0 Å². The topological polar surface area (TPSA) is 0 Å². The molecule has 100 valence electrons. The van der Waals surface area contributed by atoms with E-state index in [9.17, 15) is 0 Å². The first kappa shape index (κ1) is 12.4. The van der Waals surface area contributed by atoms with E-state index >= 15 is 0 Å². The fourth-order valence-corrected chi connectivity index (χ4v) is 3.36. The van der Waals surface area contributed by atoms with Gasteiger partial charge in [0.1, 0.15) is 0 Å². The van der Waals surface area contributed by atoms with Crippen molar-refractivity contribution in [3.63, 3.8) is 0 Å². The van der Waals surface area contributed by atoms with Gasteiger partial charge >= 0.3 is 0 Å². The quantitative estimate of drug-likeness (QED) is 0.370. The second kappa shape index (κ2) is 4.87. The zero-order valence-corrected chi connectivity index (χ0v) is 14.0. The van der Waals surface area contributed by atoms with Crippen LogP contribution >= 0.6 is 0 Å². The summed E-state index contributed by atoms with van der Waals surface area (Å²) in [4.78, 5) is 0. The molecule has 0 N–H and O–H groups in total. The van der Waals surface area contributed by atoms with E-state index in [0.717, 1.165) is 10.2 Å². The number of hydrogen-bond acceptors (Lipinski definition) is 0. The van der Waals surface area contributed by atoms with Crippen molar-refractivity contribution in [1.29, 1.82) is 0 Å². The predicted molar refractivity (Wildman–Crippen MR) is 96.5 cm³/mol. The summed E-state index contributed by atoms with van der Waals surface area (Å²) in [7, 11) is 1.10. The lowest BCUT2D eigenvalue weighted by Gasteiger charge is -2.11. The molecular weight excluding hydrogens is 268 g/mol. The molecular formula is C20H16Si. The molecule has 0 radical (unpaired) electrons. The second-order valence-electron chi connectivity index (χ2n) is 5.56. The van der Waals surface area contributed by atoms with E-state index in [0.29, 0.717) is 0 Å². The van der Waals surface area contributed by atoms with Gasteiger partial charge in [-0.2, -0.15) is 0 Å². The molecule has 0 aliphatic carbocycles. The third-order valence-corrected chi connectivity index (χ3v) is 4.80. The minimum absolute atomic E-state index is 1.10. The minimum Gasteiger partial charge on any atom is -0.0707 e. The maximum atomic E-state index is 2.32. The van der Waals surface area contributed by atoms with Crippen LogP contribution in [0.15, 0.2) is 78.9 Å². The standard InChI is InChI=1S/C20H16Si/c21-16-11-9-14(10-12-16)20-13-15-5-1-2-6-17(15)18-7-3-4-8-19(18)20/h1-13H,21H3. The Morgan fingerprint density at radius 3 is 1.95 bits per heavy atom. The van der Waals surface area contributed by atoms with Crippen LogP contribution in [0.2, 0.25) is 0 Å². The molecule has 0 bridgehead atoms. The van der Waals surface area contributed by atoms with E-state index in [1.165, 1.54) is 37.9 Å². The summed E-state index contributed by atoms with van der Waals surface area (Å²) in [5.41, 5.74) is 2.63. The van der Waals surface area contributed by atoms with Crippen LogP contribution in [0.3, 0.4) is 0 Å². The smallest absolute Gasteiger partial charge is 0.0384 e. The summed E-state index contributed by atoms with van der Waals surface area (Å²) in [5, 5.41) is 6.74. The lowest BCUT2D eigenvalue weighted by atomic mass is 9.93. The zero-order valence-electron chi connectivity index (χ0n) is 12.0. The molecule has 0 spiro atoms. The molecule has 0 heterocycles. The van der Waals surface area contributed by atoms with Gasteiger partial charge < -0.3 is 0 Å². The van der Waals surface area contributed by atoms with Crippen molar-refractivity contribution in [3.05, 3.63) is 78.9 Å². The average Bonchev–Trinajstić information content (AvgIpc) is 2.55. The van der Waals surface area contributed by atoms with Gasteiger partial charge in [0.2, 0.25) is 0 Å². The van der Waals surface area contributed by atoms with Gasteiger partial charge in [-0.3, -0.25) is 0 Å². The third-order valence-electron chi connectivity index (χ3n) is 4.13. The summed E-state index contributed by atoms with van der Waals surface area (Å²) in [5.74, 6) is 0. The first-order chi connectivity index (χ1) is 10.3. The van der Waals surface area contributed by atoms with Gasteiger partial charge in [0.25, 0.3) is 0 Å². The third kappa shape index (κ3) is 2.06. The van der Waals surface area contributed by atoms with Crippen LogP contribution in [0.25, 0.3) is 32.7 Å². The van der Waals surface area contributed by atoms with Crippen LogP contribution in [-0.4, -0.2) is 10.2 Å². The van der Waals surface area contributed by atoms with Crippen molar-refractivity contribution in [1.82, 2.24) is 0 Å². The van der Waals surface area contributed by atoms with Crippen LogP contribution in [-0.2, 0) is 0 Å². The van der Waals surface area contributed by atoms with E-state index in [4.69, 9.17) is 0 Å². The van der Waals surface area contributed by atoms with E-state index in [1.807, 2.05) is 0 Å². The summed E-state index contributed by atoms with van der Waals surface area (Å²) in [6, 6.07) is 28.6. The predicted octanol–water partition coefficient (Wildman–Crippen LogP) is 3.65. The van der Waals surface area contributed by atoms with Gasteiger partial charge in [-0.1, -0.05) is 78.0 Å². The van der Waals surface area contributed by atoms with Crippen molar-refractivity contribution >= 4 is 37.0 Å². The zero-order chi connectivity index (χ0) is 14.2. The molecule has 4 rings (SSSR count). The molecule has 0 aliphatic rings. The Labute approximate surface area is 127 Å². The number of fused-ring (bicyclic) bond motifs is 3. The van der Waals surface area contributed by atoms with Crippen molar-refractivity contribution in [2.24, 2.45) is 0 Å². The van der Waals surface area contributed by atoms with Crippen LogP contribution in [0.5, 0.6) is 0 Å². The van der Waals surface area contributed by atoms with Crippen LogP contribution in [0.1, 0.15) is 0 Å². The first-order valence-corrected chi connectivity index (χ1v) is 8.30. The Bertz CT molecular complexity index is 937. The van der Waals surface area contributed by atoms with Gasteiger partial charge in [-0.15, -0.1) is 0 Å². The van der Waals surface area contributed by atoms with Crippen LogP contribution < -0.4 is 5.19 Å². The van der Waals surface area contributed by atoms with E-state index in [2.05, 4.69) is 78.9 Å². The highest BCUT2D eigenvalue weighted by atomic mass is 28.1. The number of benzene rings is 4. The molecule has 0 saturated carbocycles. The fourth-order valence-electron chi connectivity index (χ4n) is 3.03. The van der Waals surface area contributed by atoms with Gasteiger partial charge in [0, 0.05) is 10.2 Å². The van der Waals surface area contributed by atoms with E-state index in [-0.39, 0.29) is 0 Å². The maximum absolute atomic E-state index is 2.32. The second-order valence-corrected chi connectivity index (χ2v) is 6.71. The average molecular weight is 284 g/mol. The van der Waals surface area contributed by atoms with Gasteiger partial charge in [0.15, 0.2) is 0 Å². The lowest BCUT2D eigenvalue weighted by molar-refractivity contribution is 1.69. The monoisotopic (exact) mass is 284 g/mol. The molecule has 0 fully saturated rings. The molecule has 0 saturated heterocycles. The molecule has 0 unspecified atom stereocenters. The highest BCUT2D eigenvalue weighted by Gasteiger charge is 2.07. The van der Waals surface area contributed by atoms with Crippen molar-refractivity contribution < 1.29 is 0 Å². The van der Waals surface area contributed by atoms with Crippen LogP contribution in [0, 0.1) is 0 Å². The summed E-state index contributed by atoms with van der Waals surface area (Å²) in [6.45, 7) is 0. The highest BCUT2D eigenvalue weighted by Crippen LogP contribution is 2.34. The number of hydrogen-bond donors (Lipinski definition) is 0. The molecule has 21 heavy (non-hydrogen) atoms. The molecule has 0 aliphatic heterocycles. The Hall–Kier alpha value is -2.38. The molecule has 1 heteroatoms. The molecule has 0 atom stereocenters. The maximum Gasteiger partial charge on any atom is 0.0384 e. The first-order valence-electron chi connectivity index (χ1n) is 7.30. The van der Waals surface area contributed by atoms with Gasteiger partial charge in [0.05, 0.1) is 0 Å². The summed E-state index contributed by atoms with van der Waals surface area (Å²) < 4.78 is 0. The molecule has 0 amide bonds. The van der Waals surface area contributed by atoms with E-state index in [1.54, 1.807) is 0 Å². The molecule has 4 aromatic rings. The Morgan fingerprint density at radius 2 is 1.19 bits per heavy atom. The fraction of sp³-hybridized carbons (Fsp3) is 0. The SMILES string of the molecule is [SiH3]c1ccc(-c2cc3ccccc3c3ccccc23)cc1. The van der Waals surface area contributed by atoms with Crippen molar-refractivity contribution in [3.8, 4) is 11.1 Å². The van der Waals surface area contributed by atoms with Crippen molar-refractivity contribution in [2.75, 3.05) is 0 Å². The van der Waals surface area contributed by atoms with Gasteiger partial charge in [-0.05, 0) is 38.7 Å². The highest BCUT2D eigenvalue weighted by molar-refractivity contribution is 6.32. The molecule has 0 aromatic heterocycles. The van der Waals surface area contributed by atoms with Crippen LogP contribution in [0.4, 0.5) is 0 Å². The Morgan fingerprint density at radius 1 is 0.571 bits per heavy atom. The largest absolute Gasteiger partial charge is 0.0707 e. The Balaban J connectivity index is 2.13. The van der Waals surface area contributed by atoms with Crippen molar-refractivity contribution in [2.45, 2.75) is 0 Å². The van der Waals surface area contributed by atoms with Gasteiger partial charge in [-0.25, -0.2) is 0 Å². The number of rotatable bonds is 1. The molecule has 4 aromatic carbocycles. The normalized spacial score (nSPS) is 11.2. The Kier molecular flexibility index (Phi) is 2.87.